The van der Waals surface area contributed by atoms with Crippen LogP contribution >= 0.6 is 9.24 Å². The number of piperidine rings is 1. The summed E-state index contributed by atoms with van der Waals surface area (Å²) in [5.74, 6) is 0.569. The van der Waals surface area contributed by atoms with Gasteiger partial charge in [-0.25, -0.2) is 4.79 Å². The SMILES string of the molecule is CC(C)(C)OC(=O)N1CCC(CCCCNC(=O)/C=C/c2cccnc2P)CC1. The van der Waals surface area contributed by atoms with Crippen LogP contribution in [-0.4, -0.2) is 47.1 Å². The minimum atomic E-state index is -0.441. The number of hydrogen-bond donors (Lipinski definition) is 1. The smallest absolute Gasteiger partial charge is 0.410 e. The predicted octanol–water partition coefficient (Wildman–Crippen LogP) is 3.53. The van der Waals surface area contributed by atoms with E-state index in [1.807, 2.05) is 37.8 Å². The molecule has 7 heteroatoms. The summed E-state index contributed by atoms with van der Waals surface area (Å²) in [5.41, 5.74) is 1.31. The highest BCUT2D eigenvalue weighted by Gasteiger charge is 2.26. The molecule has 1 N–H and O–H groups in total. The van der Waals surface area contributed by atoms with Gasteiger partial charge in [0, 0.05) is 37.5 Å². The second kappa shape index (κ2) is 11.3. The molecule has 1 aliphatic heterocycles. The summed E-state index contributed by atoms with van der Waals surface area (Å²) in [7, 11) is 2.56. The molecule has 0 saturated carbocycles. The monoisotopic (exact) mass is 419 g/mol. The van der Waals surface area contributed by atoms with Gasteiger partial charge in [-0.1, -0.05) is 28.1 Å². The molecule has 2 amide bonds. The normalized spacial score (nSPS) is 15.5. The highest BCUT2D eigenvalue weighted by molar-refractivity contribution is 7.27. The first-order valence-corrected chi connectivity index (χ1v) is 11.0. The third kappa shape index (κ3) is 8.95. The summed E-state index contributed by atoms with van der Waals surface area (Å²) in [6.07, 6.45) is 10.1. The average molecular weight is 420 g/mol. The van der Waals surface area contributed by atoms with Crippen LogP contribution in [0.4, 0.5) is 4.79 Å². The second-order valence-corrected chi connectivity index (χ2v) is 9.06. The topological polar surface area (TPSA) is 71.5 Å². The van der Waals surface area contributed by atoms with E-state index in [1.165, 1.54) is 0 Å². The number of nitrogens with zero attached hydrogens (tertiary/aromatic N) is 2. The number of ether oxygens (including phenoxy) is 1. The molecule has 1 atom stereocenters. The van der Waals surface area contributed by atoms with Gasteiger partial charge in [-0.2, -0.15) is 0 Å². The van der Waals surface area contributed by atoms with Crippen molar-refractivity contribution in [2.75, 3.05) is 19.6 Å². The van der Waals surface area contributed by atoms with E-state index in [0.29, 0.717) is 12.5 Å². The van der Waals surface area contributed by atoms with E-state index in [2.05, 4.69) is 19.5 Å². The van der Waals surface area contributed by atoms with E-state index < -0.39 is 5.60 Å². The zero-order valence-electron chi connectivity index (χ0n) is 17.8. The number of rotatable bonds is 7. The third-order valence-electron chi connectivity index (χ3n) is 4.89. The van der Waals surface area contributed by atoms with Crippen molar-refractivity contribution in [1.29, 1.82) is 0 Å². The molecule has 0 bridgehead atoms. The molecule has 1 aromatic heterocycles. The average Bonchev–Trinajstić information content (AvgIpc) is 2.66. The van der Waals surface area contributed by atoms with E-state index in [9.17, 15) is 9.59 Å². The summed E-state index contributed by atoms with van der Waals surface area (Å²) in [6, 6.07) is 3.77. The second-order valence-electron chi connectivity index (χ2n) is 8.51. The van der Waals surface area contributed by atoms with Gasteiger partial charge in [-0.3, -0.25) is 9.78 Å². The van der Waals surface area contributed by atoms with Crippen LogP contribution in [-0.2, 0) is 9.53 Å². The molecule has 160 valence electrons. The lowest BCUT2D eigenvalue weighted by Gasteiger charge is -2.33. The van der Waals surface area contributed by atoms with Crippen molar-refractivity contribution in [2.45, 2.75) is 58.5 Å². The van der Waals surface area contributed by atoms with Gasteiger partial charge in [0.1, 0.15) is 5.60 Å². The van der Waals surface area contributed by atoms with E-state index in [-0.39, 0.29) is 12.0 Å². The van der Waals surface area contributed by atoms with Gasteiger partial charge >= 0.3 is 6.09 Å². The van der Waals surface area contributed by atoms with Gasteiger partial charge in [0.05, 0.1) is 5.44 Å². The van der Waals surface area contributed by atoms with Crippen molar-refractivity contribution in [3.8, 4) is 0 Å². The maximum Gasteiger partial charge on any atom is 0.410 e. The standard InChI is InChI=1S/C22H34N3O3P/c1-22(2,3)28-21(27)25-15-11-17(12-16-25)7-4-5-13-23-19(26)10-9-18-8-6-14-24-20(18)29/h6,8-10,14,17H,4-5,7,11-13,15-16,29H2,1-3H3,(H,23,26)/b10-9+. The Balaban J connectivity index is 1.57. The van der Waals surface area contributed by atoms with Crippen LogP contribution in [0.2, 0.25) is 0 Å². The number of carbonyl (C=O) groups excluding carboxylic acids is 2. The summed E-state index contributed by atoms with van der Waals surface area (Å²) >= 11 is 0. The number of carbonyl (C=O) groups is 2. The highest BCUT2D eigenvalue weighted by atomic mass is 31.0. The maximum atomic E-state index is 12.1. The summed E-state index contributed by atoms with van der Waals surface area (Å²) in [6.45, 7) is 7.91. The Morgan fingerprint density at radius 1 is 1.31 bits per heavy atom. The predicted molar refractivity (Wildman–Crippen MR) is 120 cm³/mol. The van der Waals surface area contributed by atoms with Crippen LogP contribution < -0.4 is 10.8 Å². The molecule has 2 heterocycles. The van der Waals surface area contributed by atoms with Gasteiger partial charge in [0.25, 0.3) is 0 Å². The Morgan fingerprint density at radius 2 is 2.03 bits per heavy atom. The van der Waals surface area contributed by atoms with E-state index >= 15 is 0 Å². The summed E-state index contributed by atoms with van der Waals surface area (Å²) in [5, 5.41) is 2.93. The Morgan fingerprint density at radius 3 is 2.69 bits per heavy atom. The van der Waals surface area contributed by atoms with Crippen LogP contribution in [0.1, 0.15) is 58.4 Å². The molecular weight excluding hydrogens is 385 g/mol. The first kappa shape index (κ1) is 23.3. The van der Waals surface area contributed by atoms with Crippen molar-refractivity contribution >= 4 is 32.8 Å². The van der Waals surface area contributed by atoms with E-state index in [1.54, 1.807) is 18.3 Å². The minimum Gasteiger partial charge on any atom is -0.444 e. The van der Waals surface area contributed by atoms with Gasteiger partial charge in [-0.15, -0.1) is 0 Å². The number of hydrogen-bond acceptors (Lipinski definition) is 4. The first-order chi connectivity index (χ1) is 13.7. The third-order valence-corrected chi connectivity index (χ3v) is 5.37. The molecule has 0 spiro atoms. The Bertz CT molecular complexity index is 707. The zero-order valence-corrected chi connectivity index (χ0v) is 19.0. The fourth-order valence-corrected chi connectivity index (χ4v) is 3.57. The molecule has 1 aliphatic rings. The number of amides is 2. The largest absolute Gasteiger partial charge is 0.444 e. The van der Waals surface area contributed by atoms with Crippen LogP contribution in [0.3, 0.4) is 0 Å². The molecule has 1 aromatic rings. The molecule has 1 unspecified atom stereocenters. The van der Waals surface area contributed by atoms with Gasteiger partial charge in [-0.05, 0) is 58.1 Å². The summed E-state index contributed by atoms with van der Waals surface area (Å²) < 4.78 is 5.44. The van der Waals surface area contributed by atoms with Crippen LogP contribution in [0, 0.1) is 5.92 Å². The number of aromatic nitrogens is 1. The molecular formula is C22H34N3O3P. The van der Waals surface area contributed by atoms with Gasteiger partial charge in [0.15, 0.2) is 0 Å². The Hall–Kier alpha value is -1.94. The lowest BCUT2D eigenvalue weighted by atomic mass is 9.92. The zero-order chi connectivity index (χ0) is 21.3. The van der Waals surface area contributed by atoms with Crippen molar-refractivity contribution in [3.05, 3.63) is 30.0 Å². The number of likely N-dealkylation sites (tertiary alicyclic amines) is 1. The van der Waals surface area contributed by atoms with Crippen molar-refractivity contribution in [2.24, 2.45) is 5.92 Å². The Labute approximate surface area is 176 Å². The molecule has 1 fully saturated rings. The molecule has 1 saturated heterocycles. The van der Waals surface area contributed by atoms with Crippen LogP contribution in [0.5, 0.6) is 0 Å². The first-order valence-electron chi connectivity index (χ1n) is 10.4. The molecule has 2 rings (SSSR count). The minimum absolute atomic E-state index is 0.0797. The van der Waals surface area contributed by atoms with Gasteiger partial charge < -0.3 is 15.0 Å². The molecule has 0 aromatic carbocycles. The highest BCUT2D eigenvalue weighted by Crippen LogP contribution is 2.23. The van der Waals surface area contributed by atoms with Crippen LogP contribution in [0.25, 0.3) is 6.08 Å². The lowest BCUT2D eigenvalue weighted by molar-refractivity contribution is -0.116. The number of pyridine rings is 1. The lowest BCUT2D eigenvalue weighted by Crippen LogP contribution is -2.41. The number of nitrogens with one attached hydrogen (secondary N) is 1. The molecule has 29 heavy (non-hydrogen) atoms. The van der Waals surface area contributed by atoms with E-state index in [0.717, 1.165) is 56.2 Å². The van der Waals surface area contributed by atoms with Gasteiger partial charge in [0.2, 0.25) is 5.91 Å². The van der Waals surface area contributed by atoms with E-state index in [4.69, 9.17) is 4.74 Å². The molecule has 0 radical (unpaired) electrons. The maximum absolute atomic E-state index is 12.1. The quantitative estimate of drug-likeness (QED) is 0.417. The fourth-order valence-electron chi connectivity index (χ4n) is 3.30. The van der Waals surface area contributed by atoms with Crippen LogP contribution in [0.15, 0.2) is 24.4 Å². The van der Waals surface area contributed by atoms with Crippen molar-refractivity contribution in [3.63, 3.8) is 0 Å². The van der Waals surface area contributed by atoms with Crippen molar-refractivity contribution in [1.82, 2.24) is 15.2 Å². The summed E-state index contributed by atoms with van der Waals surface area (Å²) in [4.78, 5) is 30.0. The number of unbranched alkanes of at least 4 members (excludes halogenated alkanes) is 1. The fraction of sp³-hybridized carbons (Fsp3) is 0.591. The molecule has 0 aliphatic carbocycles. The van der Waals surface area contributed by atoms with Crippen molar-refractivity contribution < 1.29 is 14.3 Å². The Kier molecular flexibility index (Phi) is 9.09. The molecule has 6 nitrogen and oxygen atoms in total.